The molecule has 0 heterocycles. The van der Waals surface area contributed by atoms with Crippen molar-refractivity contribution >= 4 is 5.91 Å². The van der Waals surface area contributed by atoms with Crippen LogP contribution in [0.1, 0.15) is 30.4 Å². The molecule has 0 saturated heterocycles. The van der Waals surface area contributed by atoms with Crippen molar-refractivity contribution in [1.82, 2.24) is 5.32 Å². The molecular formula is C15H19F2NO3. The van der Waals surface area contributed by atoms with Gasteiger partial charge in [0.15, 0.2) is 0 Å². The van der Waals surface area contributed by atoms with Crippen LogP contribution in [0.15, 0.2) is 24.3 Å². The first-order chi connectivity index (χ1) is 9.89. The average Bonchev–Trinajstić information content (AvgIpc) is 2.43. The van der Waals surface area contributed by atoms with Gasteiger partial charge in [-0.3, -0.25) is 4.79 Å². The van der Waals surface area contributed by atoms with Crippen LogP contribution < -0.4 is 5.32 Å². The maximum Gasteiger partial charge on any atom is 0.352 e. The lowest BCUT2D eigenvalue weighted by Crippen LogP contribution is -2.60. The zero-order chi connectivity index (χ0) is 15.5. The normalized spacial score (nSPS) is 17.1. The number of methoxy groups -OCH3 is 1. The van der Waals surface area contributed by atoms with E-state index in [2.05, 4.69) is 5.32 Å². The number of amides is 1. The summed E-state index contributed by atoms with van der Waals surface area (Å²) >= 11 is 0. The van der Waals surface area contributed by atoms with Crippen LogP contribution in [0.5, 0.6) is 0 Å². The second kappa shape index (κ2) is 6.07. The Balaban J connectivity index is 1.91. The van der Waals surface area contributed by atoms with Gasteiger partial charge in [-0.2, -0.15) is 8.78 Å². The van der Waals surface area contributed by atoms with Crippen molar-refractivity contribution in [3.05, 3.63) is 35.4 Å². The van der Waals surface area contributed by atoms with Crippen LogP contribution in [-0.4, -0.2) is 29.6 Å². The van der Waals surface area contributed by atoms with Crippen LogP contribution in [0.2, 0.25) is 0 Å². The minimum Gasteiger partial charge on any atom is -0.383 e. The molecule has 1 aliphatic carbocycles. The zero-order valence-corrected chi connectivity index (χ0v) is 11.9. The number of nitrogens with one attached hydrogen (secondary N) is 1. The molecule has 1 aliphatic rings. The van der Waals surface area contributed by atoms with Crippen LogP contribution in [0.4, 0.5) is 8.78 Å². The van der Waals surface area contributed by atoms with E-state index in [0.717, 1.165) is 5.56 Å². The van der Waals surface area contributed by atoms with Gasteiger partial charge in [-0.1, -0.05) is 24.3 Å². The summed E-state index contributed by atoms with van der Waals surface area (Å²) in [5, 5.41) is 11.9. The second-order valence-electron chi connectivity index (χ2n) is 5.39. The number of alkyl halides is 2. The third-order valence-corrected chi connectivity index (χ3v) is 3.84. The van der Waals surface area contributed by atoms with Crippen molar-refractivity contribution in [2.75, 3.05) is 7.11 Å². The van der Waals surface area contributed by atoms with E-state index < -0.39 is 17.4 Å². The molecule has 0 bridgehead atoms. The zero-order valence-electron chi connectivity index (χ0n) is 11.9. The van der Waals surface area contributed by atoms with Gasteiger partial charge in [-0.15, -0.1) is 0 Å². The molecule has 2 N–H and O–H groups in total. The fourth-order valence-corrected chi connectivity index (χ4v) is 2.25. The van der Waals surface area contributed by atoms with Crippen LogP contribution >= 0.6 is 0 Å². The summed E-state index contributed by atoms with van der Waals surface area (Å²) in [4.78, 5) is 11.6. The molecule has 1 amide bonds. The Morgan fingerprint density at radius 1 is 1.33 bits per heavy atom. The van der Waals surface area contributed by atoms with E-state index in [1.165, 1.54) is 0 Å². The van der Waals surface area contributed by atoms with E-state index in [9.17, 15) is 18.7 Å². The quantitative estimate of drug-likeness (QED) is 0.844. The summed E-state index contributed by atoms with van der Waals surface area (Å²) in [5.41, 5.74) is -0.513. The molecule has 1 aromatic rings. The summed E-state index contributed by atoms with van der Waals surface area (Å²) in [5.74, 6) is -5.17. The lowest BCUT2D eigenvalue weighted by molar-refractivity contribution is -0.216. The Kier molecular flexibility index (Phi) is 4.58. The molecule has 4 nitrogen and oxygen atoms in total. The molecule has 1 saturated carbocycles. The topological polar surface area (TPSA) is 58.6 Å². The highest BCUT2D eigenvalue weighted by atomic mass is 19.3. The maximum atomic E-state index is 13.8. The van der Waals surface area contributed by atoms with Gasteiger partial charge in [-0.05, 0) is 30.4 Å². The van der Waals surface area contributed by atoms with Gasteiger partial charge in [0, 0.05) is 13.7 Å². The summed E-state index contributed by atoms with van der Waals surface area (Å²) in [6.07, 6.45) is 0.429. The van der Waals surface area contributed by atoms with Gasteiger partial charge in [0.05, 0.1) is 6.61 Å². The Morgan fingerprint density at radius 2 is 1.90 bits per heavy atom. The SMILES string of the molecule is COCc1ccc(CNC(=O)C(F)(F)C2(O)CCC2)cc1. The molecule has 0 spiro atoms. The molecule has 6 heteroatoms. The molecule has 0 unspecified atom stereocenters. The standard InChI is InChI=1S/C15H19F2NO3/c1-21-10-12-5-3-11(4-6-12)9-18-13(19)15(16,17)14(20)7-2-8-14/h3-6,20H,2,7-10H2,1H3,(H,18,19). The number of ether oxygens (including phenoxy) is 1. The van der Waals surface area contributed by atoms with E-state index in [1.54, 1.807) is 19.2 Å². The largest absolute Gasteiger partial charge is 0.383 e. The number of carbonyl (C=O) groups is 1. The smallest absolute Gasteiger partial charge is 0.352 e. The first kappa shape index (κ1) is 15.9. The second-order valence-corrected chi connectivity index (χ2v) is 5.39. The Labute approximate surface area is 122 Å². The number of rotatable bonds is 6. The van der Waals surface area contributed by atoms with Gasteiger partial charge >= 0.3 is 5.92 Å². The number of carbonyl (C=O) groups excluding carboxylic acids is 1. The van der Waals surface area contributed by atoms with E-state index in [4.69, 9.17) is 4.74 Å². The minimum absolute atomic E-state index is 0.00222. The minimum atomic E-state index is -3.75. The van der Waals surface area contributed by atoms with Crippen LogP contribution in [0.3, 0.4) is 0 Å². The Bertz CT molecular complexity index is 498. The molecule has 2 rings (SSSR count). The van der Waals surface area contributed by atoms with E-state index in [-0.39, 0.29) is 19.4 Å². The Hall–Kier alpha value is -1.53. The maximum absolute atomic E-state index is 13.8. The summed E-state index contributed by atoms with van der Waals surface area (Å²) < 4.78 is 32.6. The van der Waals surface area contributed by atoms with Crippen molar-refractivity contribution in [2.45, 2.75) is 43.9 Å². The van der Waals surface area contributed by atoms with Crippen molar-refractivity contribution in [2.24, 2.45) is 0 Å². The van der Waals surface area contributed by atoms with E-state index in [0.29, 0.717) is 18.6 Å². The third-order valence-electron chi connectivity index (χ3n) is 3.84. The number of hydrogen-bond donors (Lipinski definition) is 2. The van der Waals surface area contributed by atoms with Gasteiger partial charge in [0.25, 0.3) is 5.91 Å². The molecular weight excluding hydrogens is 280 g/mol. The van der Waals surface area contributed by atoms with Gasteiger partial charge in [0.2, 0.25) is 0 Å². The van der Waals surface area contributed by atoms with Crippen molar-refractivity contribution < 1.29 is 23.4 Å². The Morgan fingerprint density at radius 3 is 2.38 bits per heavy atom. The molecule has 116 valence electrons. The van der Waals surface area contributed by atoms with Gasteiger partial charge in [0.1, 0.15) is 5.60 Å². The molecule has 0 aliphatic heterocycles. The first-order valence-corrected chi connectivity index (χ1v) is 6.84. The number of aliphatic hydroxyl groups is 1. The molecule has 0 aromatic heterocycles. The monoisotopic (exact) mass is 299 g/mol. The molecule has 1 aromatic carbocycles. The van der Waals surface area contributed by atoms with Crippen molar-refractivity contribution in [3.63, 3.8) is 0 Å². The lowest BCUT2D eigenvalue weighted by Gasteiger charge is -2.41. The predicted molar refractivity (Wildman–Crippen MR) is 72.7 cm³/mol. The number of halogens is 2. The third kappa shape index (κ3) is 3.22. The molecule has 0 radical (unpaired) electrons. The average molecular weight is 299 g/mol. The first-order valence-electron chi connectivity index (χ1n) is 6.84. The number of hydrogen-bond acceptors (Lipinski definition) is 3. The molecule has 1 fully saturated rings. The summed E-state index contributed by atoms with van der Waals surface area (Å²) in [7, 11) is 1.58. The van der Waals surface area contributed by atoms with Gasteiger partial charge < -0.3 is 15.2 Å². The predicted octanol–water partition coefficient (Wildman–Crippen LogP) is 2.00. The van der Waals surface area contributed by atoms with Crippen molar-refractivity contribution in [1.29, 1.82) is 0 Å². The highest BCUT2D eigenvalue weighted by molar-refractivity contribution is 5.85. The highest BCUT2D eigenvalue weighted by Crippen LogP contribution is 2.44. The molecule has 0 atom stereocenters. The highest BCUT2D eigenvalue weighted by Gasteiger charge is 2.60. The van der Waals surface area contributed by atoms with E-state index in [1.807, 2.05) is 12.1 Å². The van der Waals surface area contributed by atoms with Crippen LogP contribution in [0.25, 0.3) is 0 Å². The number of benzene rings is 1. The summed E-state index contributed by atoms with van der Waals surface area (Å²) in [6, 6.07) is 7.10. The fraction of sp³-hybridized carbons (Fsp3) is 0.533. The molecule has 21 heavy (non-hydrogen) atoms. The van der Waals surface area contributed by atoms with Crippen molar-refractivity contribution in [3.8, 4) is 0 Å². The fourth-order valence-electron chi connectivity index (χ4n) is 2.25. The van der Waals surface area contributed by atoms with Gasteiger partial charge in [-0.25, -0.2) is 0 Å². The lowest BCUT2D eigenvalue weighted by atomic mass is 9.75. The van der Waals surface area contributed by atoms with Crippen LogP contribution in [0, 0.1) is 0 Å². The van der Waals surface area contributed by atoms with E-state index >= 15 is 0 Å². The summed E-state index contributed by atoms with van der Waals surface area (Å²) in [6.45, 7) is 0.468. The van der Waals surface area contributed by atoms with Crippen LogP contribution in [-0.2, 0) is 22.7 Å².